The Morgan fingerprint density at radius 2 is 2.19 bits per heavy atom. The van der Waals surface area contributed by atoms with Crippen LogP contribution in [0.4, 0.5) is 0 Å². The molecule has 1 unspecified atom stereocenters. The van der Waals surface area contributed by atoms with E-state index in [2.05, 4.69) is 47.9 Å². The molecule has 0 bridgehead atoms. The Balaban J connectivity index is 1.70. The normalized spacial score (nSPS) is 12.5. The second-order valence-electron chi connectivity index (χ2n) is 5.40. The van der Waals surface area contributed by atoms with E-state index in [9.17, 15) is 4.79 Å². The van der Waals surface area contributed by atoms with Gasteiger partial charge in [-0.25, -0.2) is 0 Å². The van der Waals surface area contributed by atoms with Crippen molar-refractivity contribution in [2.75, 3.05) is 12.8 Å². The van der Waals surface area contributed by atoms with Gasteiger partial charge in [-0.1, -0.05) is 25.1 Å². The molecule has 0 fully saturated rings. The highest BCUT2D eigenvalue weighted by atomic mass is 32.2. The first-order valence-electron chi connectivity index (χ1n) is 7.55. The minimum absolute atomic E-state index is 0.170. The van der Waals surface area contributed by atoms with Gasteiger partial charge in [-0.05, 0) is 37.1 Å². The molecule has 2 aromatic rings. The van der Waals surface area contributed by atoms with E-state index in [0.717, 1.165) is 25.8 Å². The molecule has 0 aliphatic rings. The number of aryl methyl sites for hydroxylation is 1. The van der Waals surface area contributed by atoms with Gasteiger partial charge >= 0.3 is 0 Å². The lowest BCUT2D eigenvalue weighted by Crippen LogP contribution is -2.25. The van der Waals surface area contributed by atoms with E-state index >= 15 is 0 Å². The maximum atomic E-state index is 11.8. The molecule has 2 rings (SSSR count). The Bertz CT molecular complexity index is 579. The number of nitrogens with one attached hydrogen (secondary N) is 2. The number of fused-ring (bicyclic) bond motifs is 1. The summed E-state index contributed by atoms with van der Waals surface area (Å²) in [6.45, 7) is 2.97. The average Bonchev–Trinajstić information content (AvgIpc) is 2.90. The highest BCUT2D eigenvalue weighted by Crippen LogP contribution is 2.19. The van der Waals surface area contributed by atoms with Gasteiger partial charge in [-0.15, -0.1) is 0 Å². The third-order valence-corrected chi connectivity index (χ3v) is 4.84. The number of para-hydroxylation sites is 1. The predicted octanol–water partition coefficient (Wildman–Crippen LogP) is 3.75. The number of carbonyl (C=O) groups is 1. The Morgan fingerprint density at radius 3 is 3.00 bits per heavy atom. The zero-order valence-corrected chi connectivity index (χ0v) is 13.6. The van der Waals surface area contributed by atoms with Gasteiger partial charge < -0.3 is 10.3 Å². The zero-order chi connectivity index (χ0) is 15.1. The van der Waals surface area contributed by atoms with Crippen LogP contribution in [0.15, 0.2) is 30.5 Å². The molecule has 0 spiro atoms. The number of rotatable bonds is 8. The van der Waals surface area contributed by atoms with Crippen molar-refractivity contribution < 1.29 is 4.79 Å². The van der Waals surface area contributed by atoms with Crippen LogP contribution in [0.5, 0.6) is 0 Å². The molecule has 114 valence electrons. The molecule has 1 heterocycles. The van der Waals surface area contributed by atoms with Gasteiger partial charge in [-0.2, -0.15) is 11.8 Å². The van der Waals surface area contributed by atoms with Crippen LogP contribution in [-0.2, 0) is 11.2 Å². The number of hydrogen-bond donors (Lipinski definition) is 2. The first kappa shape index (κ1) is 16.0. The van der Waals surface area contributed by atoms with Gasteiger partial charge in [0.2, 0.25) is 5.91 Å². The van der Waals surface area contributed by atoms with Crippen LogP contribution in [0.3, 0.4) is 0 Å². The summed E-state index contributed by atoms with van der Waals surface area (Å²) in [6, 6.07) is 8.30. The summed E-state index contributed by atoms with van der Waals surface area (Å²) in [5, 5.41) is 4.88. The number of thioether (sulfide) groups is 1. The van der Waals surface area contributed by atoms with Crippen LogP contribution in [0.25, 0.3) is 10.9 Å². The van der Waals surface area contributed by atoms with Crippen molar-refractivity contribution in [3.8, 4) is 0 Å². The van der Waals surface area contributed by atoms with Crippen molar-refractivity contribution in [3.63, 3.8) is 0 Å². The van der Waals surface area contributed by atoms with Crippen LogP contribution in [-0.4, -0.2) is 28.9 Å². The van der Waals surface area contributed by atoms with Crippen LogP contribution in [0.1, 0.15) is 31.7 Å². The molecule has 0 aliphatic carbocycles. The smallest absolute Gasteiger partial charge is 0.220 e. The largest absolute Gasteiger partial charge is 0.361 e. The first-order valence-corrected chi connectivity index (χ1v) is 8.84. The average molecular weight is 304 g/mol. The van der Waals surface area contributed by atoms with Gasteiger partial charge in [0.1, 0.15) is 0 Å². The molecule has 0 radical (unpaired) electrons. The Labute approximate surface area is 130 Å². The second kappa shape index (κ2) is 8.13. The van der Waals surface area contributed by atoms with Gasteiger partial charge in [0.05, 0.1) is 0 Å². The van der Waals surface area contributed by atoms with E-state index in [1.165, 1.54) is 16.5 Å². The summed E-state index contributed by atoms with van der Waals surface area (Å²) in [4.78, 5) is 15.1. The molecule has 0 saturated carbocycles. The lowest BCUT2D eigenvalue weighted by Gasteiger charge is -2.09. The van der Waals surface area contributed by atoms with Crippen LogP contribution < -0.4 is 5.32 Å². The number of carbonyl (C=O) groups excluding carboxylic acids is 1. The highest BCUT2D eigenvalue weighted by molar-refractivity contribution is 7.99. The van der Waals surface area contributed by atoms with Crippen molar-refractivity contribution in [2.45, 2.75) is 37.9 Å². The minimum Gasteiger partial charge on any atom is -0.361 e. The summed E-state index contributed by atoms with van der Waals surface area (Å²) < 4.78 is 0. The van der Waals surface area contributed by atoms with Crippen molar-refractivity contribution in [1.82, 2.24) is 10.3 Å². The molecule has 0 aliphatic heterocycles. The molecule has 2 N–H and O–H groups in total. The summed E-state index contributed by atoms with van der Waals surface area (Å²) in [6.07, 6.45) is 7.64. The van der Waals surface area contributed by atoms with E-state index in [1.807, 2.05) is 17.8 Å². The first-order chi connectivity index (χ1) is 10.2. The monoisotopic (exact) mass is 304 g/mol. The highest BCUT2D eigenvalue weighted by Gasteiger charge is 2.06. The molecule has 0 saturated heterocycles. The van der Waals surface area contributed by atoms with E-state index in [-0.39, 0.29) is 5.91 Å². The number of aromatic amines is 1. The lowest BCUT2D eigenvalue weighted by molar-refractivity contribution is -0.121. The summed E-state index contributed by atoms with van der Waals surface area (Å²) in [5.41, 5.74) is 2.47. The Kier molecular flexibility index (Phi) is 6.18. The number of amides is 1. The molecular formula is C17H24N2OS. The standard InChI is InChI=1S/C17H24N2OS/c1-13(21-2)10-11-18-17(20)9-5-6-14-12-19-16-8-4-3-7-15(14)16/h3-4,7-8,12-13,19H,5-6,9-11H2,1-2H3,(H,18,20). The van der Waals surface area contributed by atoms with Gasteiger partial charge in [0.15, 0.2) is 0 Å². The van der Waals surface area contributed by atoms with E-state index < -0.39 is 0 Å². The van der Waals surface area contributed by atoms with Crippen molar-refractivity contribution in [3.05, 3.63) is 36.0 Å². The number of H-pyrrole nitrogens is 1. The second-order valence-corrected chi connectivity index (χ2v) is 6.67. The van der Waals surface area contributed by atoms with Crippen molar-refractivity contribution in [1.29, 1.82) is 0 Å². The van der Waals surface area contributed by atoms with Crippen molar-refractivity contribution in [2.24, 2.45) is 0 Å². The third-order valence-electron chi connectivity index (χ3n) is 3.80. The molecule has 21 heavy (non-hydrogen) atoms. The molecule has 3 nitrogen and oxygen atoms in total. The fourth-order valence-electron chi connectivity index (χ4n) is 2.40. The van der Waals surface area contributed by atoms with E-state index in [4.69, 9.17) is 0 Å². The maximum absolute atomic E-state index is 11.8. The van der Waals surface area contributed by atoms with E-state index in [1.54, 1.807) is 0 Å². The van der Waals surface area contributed by atoms with Gasteiger partial charge in [0.25, 0.3) is 0 Å². The van der Waals surface area contributed by atoms with Gasteiger partial charge in [-0.3, -0.25) is 4.79 Å². The number of benzene rings is 1. The number of aromatic nitrogens is 1. The summed E-state index contributed by atoms with van der Waals surface area (Å²) >= 11 is 1.84. The maximum Gasteiger partial charge on any atom is 0.220 e. The molecule has 4 heteroatoms. The zero-order valence-electron chi connectivity index (χ0n) is 12.8. The van der Waals surface area contributed by atoms with Crippen LogP contribution in [0, 0.1) is 0 Å². The molecular weight excluding hydrogens is 280 g/mol. The molecule has 1 atom stereocenters. The molecule has 1 amide bonds. The van der Waals surface area contributed by atoms with Crippen LogP contribution >= 0.6 is 11.8 Å². The number of hydrogen-bond acceptors (Lipinski definition) is 2. The quantitative estimate of drug-likeness (QED) is 0.780. The lowest BCUT2D eigenvalue weighted by atomic mass is 10.1. The molecule has 1 aromatic heterocycles. The van der Waals surface area contributed by atoms with E-state index in [0.29, 0.717) is 11.7 Å². The fourth-order valence-corrected chi connectivity index (χ4v) is 2.75. The van der Waals surface area contributed by atoms with Crippen molar-refractivity contribution >= 4 is 28.6 Å². The molecule has 1 aromatic carbocycles. The summed E-state index contributed by atoms with van der Waals surface area (Å²) in [5.74, 6) is 0.170. The summed E-state index contributed by atoms with van der Waals surface area (Å²) in [7, 11) is 0. The Morgan fingerprint density at radius 1 is 1.38 bits per heavy atom. The fraction of sp³-hybridized carbons (Fsp3) is 0.471. The Hall–Kier alpha value is -1.42. The van der Waals surface area contributed by atoms with Crippen LogP contribution in [0.2, 0.25) is 0 Å². The third kappa shape index (κ3) is 4.81. The minimum atomic E-state index is 0.170. The topological polar surface area (TPSA) is 44.9 Å². The predicted molar refractivity (Wildman–Crippen MR) is 91.8 cm³/mol. The SMILES string of the molecule is CSC(C)CCNC(=O)CCCc1c[nH]c2ccccc12. The van der Waals surface area contributed by atoms with Gasteiger partial charge in [0, 0.05) is 35.3 Å².